The van der Waals surface area contributed by atoms with Crippen molar-refractivity contribution in [2.75, 3.05) is 0 Å². The Hall–Kier alpha value is -5.24. The minimum atomic E-state index is -0.501. The van der Waals surface area contributed by atoms with Crippen molar-refractivity contribution >= 4 is 22.9 Å². The van der Waals surface area contributed by atoms with Crippen molar-refractivity contribution in [3.05, 3.63) is 129 Å². The first-order chi connectivity index (χ1) is 18.5. The summed E-state index contributed by atoms with van der Waals surface area (Å²) >= 11 is 0. The minimum Gasteiger partial charge on any atom is -0.422 e. The van der Waals surface area contributed by atoms with Crippen molar-refractivity contribution in [1.82, 2.24) is 19.1 Å². The van der Waals surface area contributed by atoms with Crippen molar-refractivity contribution in [1.29, 1.82) is 0 Å². The summed E-state index contributed by atoms with van der Waals surface area (Å²) < 4.78 is 10.6. The maximum Gasteiger partial charge on any atom is 0.345 e. The summed E-state index contributed by atoms with van der Waals surface area (Å²) in [5, 5.41) is 5.50. The zero-order valence-electron chi connectivity index (χ0n) is 20.8. The summed E-state index contributed by atoms with van der Waals surface area (Å²) in [5.41, 5.74) is 3.63. The fourth-order valence-corrected chi connectivity index (χ4v) is 4.47. The van der Waals surface area contributed by atoms with Crippen LogP contribution < -0.4 is 11.2 Å². The number of fused-ring (bicyclic) bond motifs is 1. The van der Waals surface area contributed by atoms with Crippen LogP contribution in [0.4, 0.5) is 5.69 Å². The molecular formula is C30H23N5O3. The third kappa shape index (κ3) is 3.98. The van der Waals surface area contributed by atoms with Crippen LogP contribution in [0.5, 0.6) is 0 Å². The Balaban J connectivity index is 1.51. The summed E-state index contributed by atoms with van der Waals surface area (Å²) in [4.78, 5) is 31.0. The smallest absolute Gasteiger partial charge is 0.345 e. The lowest BCUT2D eigenvalue weighted by molar-refractivity contribution is 0.563. The maximum atomic E-state index is 13.4. The third-order valence-corrected chi connectivity index (χ3v) is 6.52. The zero-order valence-corrected chi connectivity index (χ0v) is 20.8. The van der Waals surface area contributed by atoms with Crippen LogP contribution in [0.15, 0.2) is 116 Å². The summed E-state index contributed by atoms with van der Waals surface area (Å²) in [6.07, 6.45) is 3.37. The van der Waals surface area contributed by atoms with E-state index in [0.29, 0.717) is 33.8 Å². The standard InChI is InChI=1S/C30H23N5O3/c1-20-27(29(36)35(33(20)2)24-14-7-4-8-15-24)31-18-22-19-34(23-12-5-3-6-13-23)32-28(22)25-17-21-11-9-10-16-26(21)38-30(25)37/h3-19H,1-2H3. The molecule has 0 fully saturated rings. The van der Waals surface area contributed by atoms with Crippen LogP contribution in [0.25, 0.3) is 33.6 Å². The molecule has 0 N–H and O–H groups in total. The predicted molar refractivity (Wildman–Crippen MR) is 148 cm³/mol. The SMILES string of the molecule is Cc1c(N=Cc2cn(-c3ccccc3)nc2-c2cc3ccccc3oc2=O)c(=O)n(-c2ccccc2)n1C. The molecule has 0 aliphatic rings. The second kappa shape index (κ2) is 9.33. The molecule has 0 aliphatic heterocycles. The highest BCUT2D eigenvalue weighted by molar-refractivity contribution is 5.92. The van der Waals surface area contributed by atoms with Crippen LogP contribution in [0, 0.1) is 6.92 Å². The van der Waals surface area contributed by atoms with Gasteiger partial charge in [0.25, 0.3) is 5.56 Å². The third-order valence-electron chi connectivity index (χ3n) is 6.52. The van der Waals surface area contributed by atoms with Crippen molar-refractivity contribution in [3.63, 3.8) is 0 Å². The van der Waals surface area contributed by atoms with E-state index in [1.807, 2.05) is 92.8 Å². The van der Waals surface area contributed by atoms with Gasteiger partial charge in [0.05, 0.1) is 22.6 Å². The van der Waals surface area contributed by atoms with E-state index in [4.69, 9.17) is 9.52 Å². The Morgan fingerprint density at radius 3 is 2.26 bits per heavy atom. The number of nitrogens with zero attached hydrogens (tertiary/aromatic N) is 5. The molecule has 0 radical (unpaired) electrons. The summed E-state index contributed by atoms with van der Waals surface area (Å²) in [7, 11) is 1.82. The molecule has 0 atom stereocenters. The highest BCUT2D eigenvalue weighted by atomic mass is 16.4. The van der Waals surface area contributed by atoms with Gasteiger partial charge in [-0.3, -0.25) is 9.48 Å². The quantitative estimate of drug-likeness (QED) is 0.240. The first kappa shape index (κ1) is 23.2. The molecule has 0 saturated heterocycles. The topological polar surface area (TPSA) is 87.3 Å². The molecule has 38 heavy (non-hydrogen) atoms. The normalized spacial score (nSPS) is 11.5. The van der Waals surface area contributed by atoms with Gasteiger partial charge < -0.3 is 4.42 Å². The van der Waals surface area contributed by atoms with Crippen LogP contribution in [0.1, 0.15) is 11.3 Å². The van der Waals surface area contributed by atoms with E-state index in [-0.39, 0.29) is 5.56 Å². The molecular weight excluding hydrogens is 478 g/mol. The van der Waals surface area contributed by atoms with E-state index < -0.39 is 5.63 Å². The number of aromatic nitrogens is 4. The molecule has 3 heterocycles. The Morgan fingerprint density at radius 1 is 0.868 bits per heavy atom. The Kier molecular flexibility index (Phi) is 5.69. The number of para-hydroxylation sites is 3. The molecule has 3 aromatic carbocycles. The average molecular weight is 502 g/mol. The molecule has 0 spiro atoms. The number of benzene rings is 3. The van der Waals surface area contributed by atoms with Crippen LogP contribution in [0.2, 0.25) is 0 Å². The van der Waals surface area contributed by atoms with Gasteiger partial charge in [-0.25, -0.2) is 19.2 Å². The maximum absolute atomic E-state index is 13.4. The Labute approximate surface area is 217 Å². The average Bonchev–Trinajstić information content (AvgIpc) is 3.46. The Morgan fingerprint density at radius 2 is 1.53 bits per heavy atom. The molecule has 8 heteroatoms. The van der Waals surface area contributed by atoms with Gasteiger partial charge in [-0.05, 0) is 43.3 Å². The van der Waals surface area contributed by atoms with Crippen LogP contribution >= 0.6 is 0 Å². The molecule has 8 nitrogen and oxygen atoms in total. The van der Waals surface area contributed by atoms with Gasteiger partial charge >= 0.3 is 5.63 Å². The van der Waals surface area contributed by atoms with Gasteiger partial charge in [0, 0.05) is 30.4 Å². The lowest BCUT2D eigenvalue weighted by atomic mass is 10.1. The van der Waals surface area contributed by atoms with Gasteiger partial charge in [-0.15, -0.1) is 0 Å². The summed E-state index contributed by atoms with van der Waals surface area (Å²) in [6.45, 7) is 1.85. The monoisotopic (exact) mass is 501 g/mol. The molecule has 0 aliphatic carbocycles. The summed E-state index contributed by atoms with van der Waals surface area (Å²) in [5.74, 6) is 0. The van der Waals surface area contributed by atoms with E-state index in [0.717, 1.165) is 16.8 Å². The number of hydrogen-bond donors (Lipinski definition) is 0. The molecule has 3 aromatic heterocycles. The largest absolute Gasteiger partial charge is 0.422 e. The van der Waals surface area contributed by atoms with E-state index >= 15 is 0 Å². The van der Waals surface area contributed by atoms with E-state index in [1.165, 1.54) is 0 Å². The Bertz CT molecular complexity index is 1930. The molecule has 0 unspecified atom stereocenters. The fraction of sp³-hybridized carbons (Fsp3) is 0.0667. The van der Waals surface area contributed by atoms with Crippen molar-refractivity contribution < 1.29 is 4.42 Å². The van der Waals surface area contributed by atoms with E-state index in [9.17, 15) is 9.59 Å². The van der Waals surface area contributed by atoms with Gasteiger partial charge in [0.2, 0.25) is 0 Å². The van der Waals surface area contributed by atoms with Gasteiger partial charge in [0.15, 0.2) is 5.69 Å². The van der Waals surface area contributed by atoms with Crippen LogP contribution in [0.3, 0.4) is 0 Å². The van der Waals surface area contributed by atoms with Crippen LogP contribution in [-0.4, -0.2) is 25.4 Å². The molecule has 0 saturated carbocycles. The first-order valence-corrected chi connectivity index (χ1v) is 12.1. The van der Waals surface area contributed by atoms with Crippen molar-refractivity contribution in [2.24, 2.45) is 12.0 Å². The van der Waals surface area contributed by atoms with Crippen molar-refractivity contribution in [3.8, 4) is 22.6 Å². The second-order valence-corrected chi connectivity index (χ2v) is 8.87. The van der Waals surface area contributed by atoms with Crippen LogP contribution in [-0.2, 0) is 7.05 Å². The lowest BCUT2D eigenvalue weighted by Crippen LogP contribution is -2.19. The summed E-state index contributed by atoms with van der Waals surface area (Å²) in [6, 6.07) is 28.1. The van der Waals surface area contributed by atoms with Gasteiger partial charge in [-0.1, -0.05) is 54.6 Å². The van der Waals surface area contributed by atoms with Crippen molar-refractivity contribution in [2.45, 2.75) is 6.92 Å². The number of hydrogen-bond acceptors (Lipinski definition) is 5. The lowest BCUT2D eigenvalue weighted by Gasteiger charge is -2.07. The molecule has 0 amide bonds. The number of aliphatic imine (C=N–C) groups is 1. The second-order valence-electron chi connectivity index (χ2n) is 8.87. The number of rotatable bonds is 5. The van der Waals surface area contributed by atoms with E-state index in [2.05, 4.69) is 4.99 Å². The first-order valence-electron chi connectivity index (χ1n) is 12.1. The molecule has 0 bridgehead atoms. The van der Waals surface area contributed by atoms with E-state index in [1.54, 1.807) is 38.6 Å². The minimum absolute atomic E-state index is 0.241. The predicted octanol–water partition coefficient (Wildman–Crippen LogP) is 5.19. The highest BCUT2D eigenvalue weighted by Gasteiger charge is 2.18. The van der Waals surface area contributed by atoms with Gasteiger partial charge in [-0.2, -0.15) is 5.10 Å². The molecule has 6 rings (SSSR count). The zero-order chi connectivity index (χ0) is 26.2. The highest BCUT2D eigenvalue weighted by Crippen LogP contribution is 2.25. The molecule has 186 valence electrons. The van der Waals surface area contributed by atoms with Gasteiger partial charge in [0.1, 0.15) is 11.3 Å². The molecule has 6 aromatic rings. The fourth-order valence-electron chi connectivity index (χ4n) is 4.47.